The van der Waals surface area contributed by atoms with Gasteiger partial charge in [-0.1, -0.05) is 0 Å². The van der Waals surface area contributed by atoms with Crippen LogP contribution in [0.1, 0.15) is 18.8 Å². The van der Waals surface area contributed by atoms with Crippen LogP contribution in [0.3, 0.4) is 0 Å². The van der Waals surface area contributed by atoms with Crippen LogP contribution in [0, 0.1) is 11.6 Å². The van der Waals surface area contributed by atoms with E-state index in [1.54, 1.807) is 10.8 Å². The maximum atomic E-state index is 13.7. The van der Waals surface area contributed by atoms with Crippen molar-refractivity contribution in [1.82, 2.24) is 9.55 Å². The molecule has 19 heavy (non-hydrogen) atoms. The molecule has 0 aliphatic rings. The van der Waals surface area contributed by atoms with Gasteiger partial charge in [-0.15, -0.1) is 11.6 Å². The number of hydrogen-bond acceptors (Lipinski definition) is 2. The lowest BCUT2D eigenvalue weighted by Gasteiger charge is -2.15. The first-order valence-corrected chi connectivity index (χ1v) is 7.92. The minimum absolute atomic E-state index is 0.0798. The summed E-state index contributed by atoms with van der Waals surface area (Å²) in [6.07, 6.45) is 1.58. The predicted octanol–water partition coefficient (Wildman–Crippen LogP) is 2.99. The molecule has 2 rings (SSSR count). The van der Waals surface area contributed by atoms with Crippen molar-refractivity contribution in [1.29, 1.82) is 0 Å². The van der Waals surface area contributed by atoms with Gasteiger partial charge in [-0.2, -0.15) is 0 Å². The highest BCUT2D eigenvalue weighted by Crippen LogP contribution is 2.25. The average molecular weight is 307 g/mol. The van der Waals surface area contributed by atoms with Crippen molar-refractivity contribution in [2.45, 2.75) is 18.8 Å². The molecule has 2 aromatic rings. The number of benzene rings is 1. The summed E-state index contributed by atoms with van der Waals surface area (Å²) >= 11 is 5.80. The summed E-state index contributed by atoms with van der Waals surface area (Å²) in [5, 5.41) is 0. The SMILES string of the molecule is CC(CS(C)=O)n1c(CCl)nc2c(F)cc(F)cc21. The van der Waals surface area contributed by atoms with Crippen molar-refractivity contribution in [3.8, 4) is 0 Å². The van der Waals surface area contributed by atoms with Crippen LogP contribution >= 0.6 is 11.6 Å². The Hall–Kier alpha value is -1.01. The molecule has 0 spiro atoms. The molecule has 0 amide bonds. The molecule has 104 valence electrons. The van der Waals surface area contributed by atoms with Crippen LogP contribution in [-0.4, -0.2) is 25.8 Å². The van der Waals surface area contributed by atoms with Crippen molar-refractivity contribution < 1.29 is 13.0 Å². The van der Waals surface area contributed by atoms with Crippen LogP contribution < -0.4 is 0 Å². The van der Waals surface area contributed by atoms with E-state index in [4.69, 9.17) is 11.6 Å². The van der Waals surface area contributed by atoms with Crippen LogP contribution in [0.5, 0.6) is 0 Å². The van der Waals surface area contributed by atoms with Gasteiger partial charge in [0.2, 0.25) is 0 Å². The molecule has 0 bridgehead atoms. The molecule has 1 heterocycles. The second-order valence-corrected chi connectivity index (χ2v) is 6.12. The summed E-state index contributed by atoms with van der Waals surface area (Å²) in [5.74, 6) is -0.495. The fourth-order valence-electron chi connectivity index (χ4n) is 2.17. The fraction of sp³-hybridized carbons (Fsp3) is 0.417. The van der Waals surface area contributed by atoms with Crippen molar-refractivity contribution in [3.63, 3.8) is 0 Å². The number of imidazole rings is 1. The molecule has 0 saturated carbocycles. The Balaban J connectivity index is 2.66. The Bertz CT molecular complexity index is 644. The zero-order valence-electron chi connectivity index (χ0n) is 10.5. The molecule has 0 saturated heterocycles. The number of nitrogens with zero attached hydrogens (tertiary/aromatic N) is 2. The molecular weight excluding hydrogens is 294 g/mol. The van der Waals surface area contributed by atoms with Gasteiger partial charge in [0.05, 0.1) is 11.4 Å². The third kappa shape index (κ3) is 2.79. The second-order valence-electron chi connectivity index (χ2n) is 4.38. The minimum atomic E-state index is -1.02. The van der Waals surface area contributed by atoms with Gasteiger partial charge < -0.3 is 4.57 Å². The van der Waals surface area contributed by atoms with Crippen molar-refractivity contribution >= 4 is 33.4 Å². The summed E-state index contributed by atoms with van der Waals surface area (Å²) in [6, 6.07) is 1.81. The predicted molar refractivity (Wildman–Crippen MR) is 72.9 cm³/mol. The van der Waals surface area contributed by atoms with Crippen LogP contribution in [-0.2, 0) is 16.7 Å². The molecule has 7 heteroatoms. The van der Waals surface area contributed by atoms with Gasteiger partial charge in [-0.05, 0) is 13.0 Å². The third-order valence-corrected chi connectivity index (χ3v) is 4.01. The normalized spacial score (nSPS) is 14.8. The Labute approximate surface area is 117 Å². The molecule has 1 aromatic heterocycles. The number of alkyl halides is 1. The lowest BCUT2D eigenvalue weighted by Crippen LogP contribution is -2.15. The summed E-state index contributed by atoms with van der Waals surface area (Å²) in [6.45, 7) is 1.82. The highest BCUT2D eigenvalue weighted by atomic mass is 35.5. The number of hydrogen-bond donors (Lipinski definition) is 0. The number of halogens is 3. The molecule has 1 aromatic carbocycles. The topological polar surface area (TPSA) is 34.9 Å². The van der Waals surface area contributed by atoms with E-state index in [0.29, 0.717) is 17.1 Å². The highest BCUT2D eigenvalue weighted by Gasteiger charge is 2.19. The van der Waals surface area contributed by atoms with E-state index in [9.17, 15) is 13.0 Å². The maximum absolute atomic E-state index is 13.7. The Morgan fingerprint density at radius 1 is 1.47 bits per heavy atom. The van der Waals surface area contributed by atoms with Crippen LogP contribution in [0.2, 0.25) is 0 Å². The first-order valence-electron chi connectivity index (χ1n) is 5.66. The smallest absolute Gasteiger partial charge is 0.153 e. The molecule has 0 N–H and O–H groups in total. The summed E-state index contributed by atoms with van der Waals surface area (Å²) in [7, 11) is -1.02. The van der Waals surface area contributed by atoms with Crippen molar-refractivity contribution in [2.24, 2.45) is 0 Å². The lowest BCUT2D eigenvalue weighted by atomic mass is 10.2. The zero-order valence-corrected chi connectivity index (χ0v) is 12.1. The van der Waals surface area contributed by atoms with E-state index in [1.807, 2.05) is 6.92 Å². The average Bonchev–Trinajstić information content (AvgIpc) is 2.66. The lowest BCUT2D eigenvalue weighted by molar-refractivity contribution is 0.582. The van der Waals surface area contributed by atoms with E-state index in [1.165, 1.54) is 6.07 Å². The van der Waals surface area contributed by atoms with Gasteiger partial charge in [-0.3, -0.25) is 4.21 Å². The van der Waals surface area contributed by atoms with E-state index >= 15 is 0 Å². The molecule has 0 radical (unpaired) electrons. The molecule has 2 unspecified atom stereocenters. The highest BCUT2D eigenvalue weighted by molar-refractivity contribution is 7.84. The monoisotopic (exact) mass is 306 g/mol. The maximum Gasteiger partial charge on any atom is 0.153 e. The van der Waals surface area contributed by atoms with E-state index in [-0.39, 0.29) is 17.4 Å². The van der Waals surface area contributed by atoms with Gasteiger partial charge in [-0.25, -0.2) is 13.8 Å². The molecule has 2 atom stereocenters. The number of rotatable bonds is 4. The first kappa shape index (κ1) is 14.4. The Morgan fingerprint density at radius 3 is 2.74 bits per heavy atom. The Kier molecular flexibility index (Phi) is 4.20. The van der Waals surface area contributed by atoms with Crippen molar-refractivity contribution in [3.05, 3.63) is 29.6 Å². The first-order chi connectivity index (χ1) is 8.93. The molecule has 3 nitrogen and oxygen atoms in total. The number of fused-ring (bicyclic) bond motifs is 1. The standard InChI is InChI=1S/C12H13ClF2N2OS/c1-7(6-19(2)18)17-10-4-8(14)3-9(15)12(10)16-11(17)5-13/h3-4,7H,5-6H2,1-2H3. The van der Waals surface area contributed by atoms with Crippen LogP contribution in [0.4, 0.5) is 8.78 Å². The van der Waals surface area contributed by atoms with E-state index < -0.39 is 22.4 Å². The second kappa shape index (κ2) is 5.54. The molecule has 0 aliphatic heterocycles. The quantitative estimate of drug-likeness (QED) is 0.814. The molecule has 0 fully saturated rings. The van der Waals surface area contributed by atoms with Crippen molar-refractivity contribution in [2.75, 3.05) is 12.0 Å². The number of aromatic nitrogens is 2. The van der Waals surface area contributed by atoms with E-state index in [2.05, 4.69) is 4.98 Å². The largest absolute Gasteiger partial charge is 0.323 e. The van der Waals surface area contributed by atoms with Gasteiger partial charge in [0.15, 0.2) is 5.82 Å². The summed E-state index contributed by atoms with van der Waals surface area (Å²) < 4.78 is 40.0. The fourth-order valence-corrected chi connectivity index (χ4v) is 3.19. The van der Waals surface area contributed by atoms with Crippen LogP contribution in [0.15, 0.2) is 12.1 Å². The zero-order chi connectivity index (χ0) is 14.2. The molecule has 0 aliphatic carbocycles. The van der Waals surface area contributed by atoms with Gasteiger partial charge in [0, 0.05) is 34.9 Å². The molecular formula is C12H13ClF2N2OS. The Morgan fingerprint density at radius 2 is 2.16 bits per heavy atom. The summed E-state index contributed by atoms with van der Waals surface area (Å²) in [5.41, 5.74) is 0.428. The van der Waals surface area contributed by atoms with E-state index in [0.717, 1.165) is 6.07 Å². The summed E-state index contributed by atoms with van der Waals surface area (Å²) in [4.78, 5) is 4.09. The van der Waals surface area contributed by atoms with Gasteiger partial charge in [0.1, 0.15) is 17.2 Å². The van der Waals surface area contributed by atoms with Gasteiger partial charge in [0.25, 0.3) is 0 Å². The minimum Gasteiger partial charge on any atom is -0.323 e. The third-order valence-electron chi connectivity index (χ3n) is 2.82. The van der Waals surface area contributed by atoms with Crippen LogP contribution in [0.25, 0.3) is 11.0 Å². The van der Waals surface area contributed by atoms with Gasteiger partial charge >= 0.3 is 0 Å².